The zero-order chi connectivity index (χ0) is 18.2. The lowest BCUT2D eigenvalue weighted by Crippen LogP contribution is -2.23. The normalized spacial score (nSPS) is 15.0. The molecule has 0 spiro atoms. The number of hydrogen-bond acceptors (Lipinski definition) is 5. The standard InChI is InChI=1S/C16H14F3N3O2S/c1-25(23,24)12-5-3-2-4-10(12)13-11(16(17,18)19)6-7-20-14(13)15-21-8-9-22-15/h2-7H,8-9H2,1H3,(H,21,22). The second-order valence-corrected chi connectivity index (χ2v) is 7.49. The Labute approximate surface area is 142 Å². The summed E-state index contributed by atoms with van der Waals surface area (Å²) in [6.07, 6.45) is -2.66. The Kier molecular flexibility index (Phi) is 4.28. The molecule has 132 valence electrons. The molecule has 0 radical (unpaired) electrons. The molecule has 0 bridgehead atoms. The van der Waals surface area contributed by atoms with Gasteiger partial charge in [0.1, 0.15) is 11.5 Å². The van der Waals surface area contributed by atoms with E-state index in [1.54, 1.807) is 0 Å². The molecule has 0 unspecified atom stereocenters. The summed E-state index contributed by atoms with van der Waals surface area (Å²) in [7, 11) is -3.74. The van der Waals surface area contributed by atoms with Crippen LogP contribution >= 0.6 is 0 Å². The van der Waals surface area contributed by atoms with Gasteiger partial charge < -0.3 is 5.32 Å². The molecule has 25 heavy (non-hydrogen) atoms. The highest BCUT2D eigenvalue weighted by atomic mass is 32.2. The third kappa shape index (κ3) is 3.37. The van der Waals surface area contributed by atoms with Crippen LogP contribution < -0.4 is 5.32 Å². The number of amidine groups is 1. The molecule has 9 heteroatoms. The lowest BCUT2D eigenvalue weighted by molar-refractivity contribution is -0.137. The molecule has 1 N–H and O–H groups in total. The zero-order valence-electron chi connectivity index (χ0n) is 13.1. The first-order valence-corrected chi connectivity index (χ1v) is 9.23. The number of nitrogens with one attached hydrogen (secondary N) is 1. The number of sulfone groups is 1. The van der Waals surface area contributed by atoms with Gasteiger partial charge in [0.2, 0.25) is 0 Å². The molecule has 0 amide bonds. The van der Waals surface area contributed by atoms with E-state index in [1.165, 1.54) is 24.3 Å². The smallest absolute Gasteiger partial charge is 0.367 e. The van der Waals surface area contributed by atoms with Crippen molar-refractivity contribution in [3.63, 3.8) is 0 Å². The Morgan fingerprint density at radius 1 is 1.16 bits per heavy atom. The SMILES string of the molecule is CS(=O)(=O)c1ccccc1-c1c(C(F)(F)F)ccnc1C1=NCCN1. The largest absolute Gasteiger partial charge is 0.417 e. The summed E-state index contributed by atoms with van der Waals surface area (Å²) in [5, 5.41) is 2.89. The third-order valence-electron chi connectivity index (χ3n) is 3.71. The van der Waals surface area contributed by atoms with Gasteiger partial charge in [-0.2, -0.15) is 13.2 Å². The van der Waals surface area contributed by atoms with Crippen LogP contribution in [0.3, 0.4) is 0 Å². The van der Waals surface area contributed by atoms with Crippen molar-refractivity contribution in [2.24, 2.45) is 4.99 Å². The number of rotatable bonds is 3. The summed E-state index contributed by atoms with van der Waals surface area (Å²) in [6, 6.07) is 6.43. The maximum atomic E-state index is 13.6. The van der Waals surface area contributed by atoms with Gasteiger partial charge in [-0.15, -0.1) is 0 Å². The Morgan fingerprint density at radius 3 is 2.48 bits per heavy atom. The maximum absolute atomic E-state index is 13.6. The molecule has 0 saturated carbocycles. The fraction of sp³-hybridized carbons (Fsp3) is 0.250. The van der Waals surface area contributed by atoms with Gasteiger partial charge in [0.15, 0.2) is 9.84 Å². The molecule has 0 aliphatic carbocycles. The van der Waals surface area contributed by atoms with Gasteiger partial charge >= 0.3 is 6.18 Å². The van der Waals surface area contributed by atoms with E-state index in [2.05, 4.69) is 15.3 Å². The fourth-order valence-electron chi connectivity index (χ4n) is 2.70. The molecule has 2 aromatic rings. The summed E-state index contributed by atoms with van der Waals surface area (Å²) >= 11 is 0. The number of benzene rings is 1. The van der Waals surface area contributed by atoms with Gasteiger partial charge in [0, 0.05) is 30.1 Å². The summed E-state index contributed by atoms with van der Waals surface area (Å²) in [5.74, 6) is 0.226. The van der Waals surface area contributed by atoms with Gasteiger partial charge in [-0.05, 0) is 12.1 Å². The van der Waals surface area contributed by atoms with Gasteiger partial charge in [-0.25, -0.2) is 8.42 Å². The molecule has 0 fully saturated rings. The highest BCUT2D eigenvalue weighted by Crippen LogP contribution is 2.40. The van der Waals surface area contributed by atoms with E-state index in [-0.39, 0.29) is 27.6 Å². The number of halogens is 3. The number of nitrogens with zero attached hydrogens (tertiary/aromatic N) is 2. The van der Waals surface area contributed by atoms with E-state index in [9.17, 15) is 21.6 Å². The first kappa shape index (κ1) is 17.4. The summed E-state index contributed by atoms with van der Waals surface area (Å²) in [5.41, 5.74) is -1.30. The number of aliphatic imine (C=N–C) groups is 1. The number of aromatic nitrogens is 1. The van der Waals surface area contributed by atoms with Crippen molar-refractivity contribution in [1.82, 2.24) is 10.3 Å². The zero-order valence-corrected chi connectivity index (χ0v) is 13.9. The number of pyridine rings is 1. The van der Waals surface area contributed by atoms with Crippen LogP contribution in [0, 0.1) is 0 Å². The number of alkyl halides is 3. The Morgan fingerprint density at radius 2 is 1.88 bits per heavy atom. The highest BCUT2D eigenvalue weighted by molar-refractivity contribution is 7.90. The van der Waals surface area contributed by atoms with Crippen LogP contribution in [0.1, 0.15) is 11.3 Å². The van der Waals surface area contributed by atoms with Gasteiger partial charge in [-0.1, -0.05) is 18.2 Å². The third-order valence-corrected chi connectivity index (χ3v) is 4.87. The van der Waals surface area contributed by atoms with Crippen LogP contribution in [-0.4, -0.2) is 38.6 Å². The topological polar surface area (TPSA) is 71.4 Å². The van der Waals surface area contributed by atoms with Crippen LogP contribution in [-0.2, 0) is 16.0 Å². The maximum Gasteiger partial charge on any atom is 0.417 e. The highest BCUT2D eigenvalue weighted by Gasteiger charge is 2.37. The van der Waals surface area contributed by atoms with Crippen molar-refractivity contribution in [1.29, 1.82) is 0 Å². The number of hydrogen-bond donors (Lipinski definition) is 1. The van der Waals surface area contributed by atoms with E-state index >= 15 is 0 Å². The predicted molar refractivity (Wildman–Crippen MR) is 87.2 cm³/mol. The first-order valence-electron chi connectivity index (χ1n) is 7.34. The second kappa shape index (κ2) is 6.14. The average Bonchev–Trinajstić information content (AvgIpc) is 3.07. The minimum Gasteiger partial charge on any atom is -0.367 e. The van der Waals surface area contributed by atoms with Crippen molar-refractivity contribution in [2.45, 2.75) is 11.1 Å². The van der Waals surface area contributed by atoms with Crippen LogP contribution in [0.2, 0.25) is 0 Å². The summed E-state index contributed by atoms with van der Waals surface area (Å²) in [6.45, 7) is 0.904. The minimum absolute atomic E-state index is 0.0107. The van der Waals surface area contributed by atoms with Gasteiger partial charge in [0.25, 0.3) is 0 Å². The molecule has 5 nitrogen and oxygen atoms in total. The molecule has 2 heterocycles. The first-order chi connectivity index (χ1) is 11.7. The van der Waals surface area contributed by atoms with E-state index in [0.717, 1.165) is 18.5 Å². The summed E-state index contributed by atoms with van der Waals surface area (Å²) < 4.78 is 64.9. The molecule has 1 aromatic carbocycles. The average molecular weight is 369 g/mol. The molecule has 0 atom stereocenters. The van der Waals surface area contributed by atoms with Crippen molar-refractivity contribution < 1.29 is 21.6 Å². The van der Waals surface area contributed by atoms with Crippen molar-refractivity contribution in [3.05, 3.63) is 47.8 Å². The van der Waals surface area contributed by atoms with E-state index in [1.807, 2.05) is 0 Å². The molecular weight excluding hydrogens is 355 g/mol. The van der Waals surface area contributed by atoms with Gasteiger partial charge in [0.05, 0.1) is 17.0 Å². The molecule has 3 rings (SSSR count). The monoisotopic (exact) mass is 369 g/mol. The van der Waals surface area contributed by atoms with Crippen LogP contribution in [0.25, 0.3) is 11.1 Å². The molecule has 1 aromatic heterocycles. The fourth-order valence-corrected chi connectivity index (χ4v) is 3.60. The van der Waals surface area contributed by atoms with E-state index in [4.69, 9.17) is 0 Å². The Bertz CT molecular complexity index is 953. The van der Waals surface area contributed by atoms with E-state index < -0.39 is 21.6 Å². The van der Waals surface area contributed by atoms with Crippen molar-refractivity contribution in [3.8, 4) is 11.1 Å². The van der Waals surface area contributed by atoms with Gasteiger partial charge in [-0.3, -0.25) is 9.98 Å². The Balaban J connectivity index is 2.39. The van der Waals surface area contributed by atoms with Crippen LogP contribution in [0.4, 0.5) is 13.2 Å². The van der Waals surface area contributed by atoms with E-state index in [0.29, 0.717) is 13.1 Å². The lowest BCUT2D eigenvalue weighted by atomic mass is 9.97. The van der Waals surface area contributed by atoms with Crippen LogP contribution in [0.5, 0.6) is 0 Å². The summed E-state index contributed by atoms with van der Waals surface area (Å²) in [4.78, 5) is 7.99. The molecular formula is C16H14F3N3O2S. The molecule has 1 aliphatic rings. The lowest BCUT2D eigenvalue weighted by Gasteiger charge is -2.18. The minimum atomic E-state index is -4.67. The second-order valence-electron chi connectivity index (χ2n) is 5.51. The van der Waals surface area contributed by atoms with Crippen LogP contribution in [0.15, 0.2) is 46.4 Å². The molecule has 0 saturated heterocycles. The molecule has 1 aliphatic heterocycles. The predicted octanol–water partition coefficient (Wildman–Crippen LogP) is 2.52. The van der Waals surface area contributed by atoms with Crippen molar-refractivity contribution in [2.75, 3.05) is 19.3 Å². The Hall–Kier alpha value is -2.42. The van der Waals surface area contributed by atoms with Crippen molar-refractivity contribution >= 4 is 15.7 Å². The quantitative estimate of drug-likeness (QED) is 0.903.